The van der Waals surface area contributed by atoms with Crippen LogP contribution < -0.4 is 0 Å². The Morgan fingerprint density at radius 3 is 3.15 bits per heavy atom. The number of thiazole rings is 1. The zero-order valence-corrected chi connectivity index (χ0v) is 7.84. The Hall–Kier alpha value is -1.13. The van der Waals surface area contributed by atoms with E-state index in [2.05, 4.69) is 9.97 Å². The lowest BCUT2D eigenvalue weighted by atomic mass is 10.4. The second kappa shape index (κ2) is 3.72. The van der Waals surface area contributed by atoms with E-state index in [4.69, 9.17) is 5.11 Å². The first-order valence-electron chi connectivity index (χ1n) is 4.09. The molecule has 0 atom stereocenters. The Balaban J connectivity index is 2.23. The minimum Gasteiger partial charge on any atom is -0.396 e. The van der Waals surface area contributed by atoms with E-state index < -0.39 is 0 Å². The molecule has 0 fully saturated rings. The molecule has 0 aliphatic carbocycles. The largest absolute Gasteiger partial charge is 0.396 e. The van der Waals surface area contributed by atoms with Crippen LogP contribution in [0.25, 0.3) is 10.7 Å². The Labute approximate surface area is 80.1 Å². The van der Waals surface area contributed by atoms with Crippen molar-refractivity contribution in [3.8, 4) is 10.7 Å². The quantitative estimate of drug-likeness (QED) is 0.781. The number of rotatable bonds is 3. The van der Waals surface area contributed by atoms with Crippen LogP contribution in [-0.4, -0.2) is 21.7 Å². The summed E-state index contributed by atoms with van der Waals surface area (Å²) in [4.78, 5) is 8.47. The van der Waals surface area contributed by atoms with Crippen LogP contribution in [0.15, 0.2) is 24.5 Å². The van der Waals surface area contributed by atoms with Gasteiger partial charge in [0.05, 0.1) is 5.69 Å². The first-order valence-corrected chi connectivity index (χ1v) is 4.91. The highest BCUT2D eigenvalue weighted by Crippen LogP contribution is 2.23. The second-order valence-electron chi connectivity index (χ2n) is 2.69. The number of H-pyrrole nitrogens is 1. The van der Waals surface area contributed by atoms with Gasteiger partial charge in [-0.1, -0.05) is 0 Å². The number of nitrogens with zero attached hydrogens (tertiary/aromatic N) is 1. The van der Waals surface area contributed by atoms with E-state index in [9.17, 15) is 0 Å². The van der Waals surface area contributed by atoms with Gasteiger partial charge in [0, 0.05) is 30.3 Å². The molecule has 0 aliphatic rings. The summed E-state index contributed by atoms with van der Waals surface area (Å²) in [6.45, 7) is 0.187. The third kappa shape index (κ3) is 1.79. The molecule has 0 aliphatic heterocycles. The van der Waals surface area contributed by atoms with Crippen molar-refractivity contribution in [1.82, 2.24) is 9.97 Å². The molecule has 4 heteroatoms. The lowest BCUT2D eigenvalue weighted by Gasteiger charge is -1.88. The van der Waals surface area contributed by atoms with Crippen molar-refractivity contribution >= 4 is 11.3 Å². The van der Waals surface area contributed by atoms with Crippen molar-refractivity contribution in [3.05, 3.63) is 29.4 Å². The van der Waals surface area contributed by atoms with E-state index in [1.807, 2.05) is 24.5 Å². The van der Waals surface area contributed by atoms with E-state index in [0.29, 0.717) is 6.42 Å². The standard InChI is InChI=1S/C9H10N2OS/c12-5-3-7-6-11-9(13-7)8-2-1-4-10-8/h1-2,4,6,10,12H,3,5H2. The fourth-order valence-electron chi connectivity index (χ4n) is 1.12. The van der Waals surface area contributed by atoms with Gasteiger partial charge in [0.15, 0.2) is 0 Å². The van der Waals surface area contributed by atoms with Gasteiger partial charge >= 0.3 is 0 Å². The Kier molecular flexibility index (Phi) is 2.42. The highest BCUT2D eigenvalue weighted by molar-refractivity contribution is 7.15. The van der Waals surface area contributed by atoms with Crippen molar-refractivity contribution < 1.29 is 5.11 Å². The Morgan fingerprint density at radius 2 is 2.46 bits per heavy atom. The fourth-order valence-corrected chi connectivity index (χ4v) is 2.01. The zero-order valence-electron chi connectivity index (χ0n) is 7.03. The summed E-state index contributed by atoms with van der Waals surface area (Å²) in [7, 11) is 0. The van der Waals surface area contributed by atoms with Crippen molar-refractivity contribution in [3.63, 3.8) is 0 Å². The van der Waals surface area contributed by atoms with Gasteiger partial charge in [-0.15, -0.1) is 11.3 Å². The van der Waals surface area contributed by atoms with E-state index >= 15 is 0 Å². The molecule has 2 aromatic rings. The van der Waals surface area contributed by atoms with Gasteiger partial charge in [-0.05, 0) is 12.1 Å². The van der Waals surface area contributed by atoms with Crippen molar-refractivity contribution in [2.45, 2.75) is 6.42 Å². The van der Waals surface area contributed by atoms with Gasteiger partial charge in [0.2, 0.25) is 0 Å². The van der Waals surface area contributed by atoms with Crippen LogP contribution in [0.3, 0.4) is 0 Å². The summed E-state index contributed by atoms with van der Waals surface area (Å²) < 4.78 is 0. The minimum atomic E-state index is 0.187. The number of aliphatic hydroxyl groups is 1. The van der Waals surface area contributed by atoms with Gasteiger partial charge < -0.3 is 10.1 Å². The summed E-state index contributed by atoms with van der Waals surface area (Å²) in [6, 6.07) is 3.93. The maximum absolute atomic E-state index is 8.73. The molecule has 0 amide bonds. The van der Waals surface area contributed by atoms with Crippen molar-refractivity contribution in [2.75, 3.05) is 6.61 Å². The van der Waals surface area contributed by atoms with E-state index in [0.717, 1.165) is 15.6 Å². The first kappa shape index (κ1) is 8.47. The highest BCUT2D eigenvalue weighted by Gasteiger charge is 2.03. The molecule has 2 aromatic heterocycles. The summed E-state index contributed by atoms with van der Waals surface area (Å²) in [5, 5.41) is 9.71. The molecule has 0 saturated heterocycles. The highest BCUT2D eigenvalue weighted by atomic mass is 32.1. The molecule has 2 N–H and O–H groups in total. The Morgan fingerprint density at radius 1 is 1.54 bits per heavy atom. The zero-order chi connectivity index (χ0) is 9.10. The number of aromatic nitrogens is 2. The predicted molar refractivity (Wildman–Crippen MR) is 52.7 cm³/mol. The molecule has 2 rings (SSSR count). The normalized spacial score (nSPS) is 10.5. The molecule has 2 heterocycles. The topological polar surface area (TPSA) is 48.9 Å². The molecule has 0 radical (unpaired) electrons. The van der Waals surface area contributed by atoms with Gasteiger partial charge in [-0.2, -0.15) is 0 Å². The van der Waals surface area contributed by atoms with E-state index in [-0.39, 0.29) is 6.61 Å². The van der Waals surface area contributed by atoms with Gasteiger partial charge in [-0.3, -0.25) is 0 Å². The van der Waals surface area contributed by atoms with Crippen molar-refractivity contribution in [1.29, 1.82) is 0 Å². The van der Waals surface area contributed by atoms with Crippen LogP contribution in [0, 0.1) is 0 Å². The maximum atomic E-state index is 8.73. The summed E-state index contributed by atoms with van der Waals surface area (Å²) in [6.07, 6.45) is 4.39. The minimum absolute atomic E-state index is 0.187. The average molecular weight is 194 g/mol. The molecular weight excluding hydrogens is 184 g/mol. The number of nitrogens with one attached hydrogen (secondary N) is 1. The Bertz CT molecular complexity index is 367. The first-order chi connectivity index (χ1) is 6.40. The van der Waals surface area contributed by atoms with Crippen LogP contribution >= 0.6 is 11.3 Å². The molecule has 0 aromatic carbocycles. The molecule has 0 bridgehead atoms. The molecule has 0 spiro atoms. The third-order valence-electron chi connectivity index (χ3n) is 1.74. The number of aliphatic hydroxyl groups excluding tert-OH is 1. The maximum Gasteiger partial charge on any atom is 0.139 e. The molecule has 3 nitrogen and oxygen atoms in total. The number of aromatic amines is 1. The predicted octanol–water partition coefficient (Wildman–Crippen LogP) is 1.67. The molecule has 13 heavy (non-hydrogen) atoms. The van der Waals surface area contributed by atoms with Crippen LogP contribution in [0.1, 0.15) is 4.88 Å². The van der Waals surface area contributed by atoms with Crippen LogP contribution in [0.4, 0.5) is 0 Å². The molecule has 0 unspecified atom stereocenters. The average Bonchev–Trinajstić information content (AvgIpc) is 2.70. The van der Waals surface area contributed by atoms with Crippen LogP contribution in [0.5, 0.6) is 0 Å². The lowest BCUT2D eigenvalue weighted by Crippen LogP contribution is -1.84. The molecule has 0 saturated carbocycles. The summed E-state index contributed by atoms with van der Waals surface area (Å²) in [5.74, 6) is 0. The smallest absolute Gasteiger partial charge is 0.139 e. The van der Waals surface area contributed by atoms with Gasteiger partial charge in [-0.25, -0.2) is 4.98 Å². The lowest BCUT2D eigenvalue weighted by molar-refractivity contribution is 0.300. The van der Waals surface area contributed by atoms with E-state index in [1.165, 1.54) is 0 Å². The number of hydrogen-bond acceptors (Lipinski definition) is 3. The second-order valence-corrected chi connectivity index (χ2v) is 3.80. The fraction of sp³-hybridized carbons (Fsp3) is 0.222. The molecular formula is C9H10N2OS. The monoisotopic (exact) mass is 194 g/mol. The summed E-state index contributed by atoms with van der Waals surface area (Å²) >= 11 is 1.61. The van der Waals surface area contributed by atoms with Crippen LogP contribution in [0.2, 0.25) is 0 Å². The number of hydrogen-bond donors (Lipinski definition) is 2. The van der Waals surface area contributed by atoms with Crippen molar-refractivity contribution in [2.24, 2.45) is 0 Å². The SMILES string of the molecule is OCCc1cnc(-c2ccc[nH]2)s1. The molecule has 68 valence electrons. The van der Waals surface area contributed by atoms with Crippen LogP contribution in [-0.2, 0) is 6.42 Å². The van der Waals surface area contributed by atoms with Gasteiger partial charge in [0.25, 0.3) is 0 Å². The third-order valence-corrected chi connectivity index (χ3v) is 2.83. The van der Waals surface area contributed by atoms with E-state index in [1.54, 1.807) is 11.3 Å². The summed E-state index contributed by atoms with van der Waals surface area (Å²) in [5.41, 5.74) is 1.04. The van der Waals surface area contributed by atoms with Gasteiger partial charge in [0.1, 0.15) is 5.01 Å².